The summed E-state index contributed by atoms with van der Waals surface area (Å²) in [6, 6.07) is 4.99. The molecule has 2 heterocycles. The van der Waals surface area contributed by atoms with Gasteiger partial charge in [0.2, 0.25) is 5.91 Å². The van der Waals surface area contributed by atoms with Crippen LogP contribution >= 0.6 is 0 Å². The van der Waals surface area contributed by atoms with Gasteiger partial charge in [-0.15, -0.1) is 0 Å². The van der Waals surface area contributed by atoms with E-state index < -0.39 is 6.09 Å². The Bertz CT molecular complexity index is 879. The summed E-state index contributed by atoms with van der Waals surface area (Å²) in [5, 5.41) is 9.60. The average molecular weight is 353 g/mol. The molecule has 0 unspecified atom stereocenters. The highest BCUT2D eigenvalue weighted by Gasteiger charge is 2.40. The van der Waals surface area contributed by atoms with Crippen molar-refractivity contribution in [2.75, 3.05) is 22.1 Å². The van der Waals surface area contributed by atoms with Gasteiger partial charge in [-0.3, -0.25) is 14.7 Å². The summed E-state index contributed by atoms with van der Waals surface area (Å²) in [6.07, 6.45) is 3.78. The monoisotopic (exact) mass is 353 g/mol. The first-order valence-electron chi connectivity index (χ1n) is 8.51. The van der Waals surface area contributed by atoms with E-state index in [1.807, 2.05) is 6.92 Å². The normalized spacial score (nSPS) is 19.2. The van der Waals surface area contributed by atoms with Gasteiger partial charge in [-0.05, 0) is 31.9 Å². The molecule has 1 aromatic carbocycles. The van der Waals surface area contributed by atoms with Crippen LogP contribution in [0, 0.1) is 5.92 Å². The third-order valence-corrected chi connectivity index (χ3v) is 4.78. The van der Waals surface area contributed by atoms with E-state index >= 15 is 0 Å². The molecule has 0 saturated heterocycles. The number of hydrogen-bond donors (Lipinski definition) is 2. The third kappa shape index (κ3) is 2.73. The van der Waals surface area contributed by atoms with Gasteiger partial charge in [0.25, 0.3) is 0 Å². The van der Waals surface area contributed by atoms with Gasteiger partial charge in [0.05, 0.1) is 35.5 Å². The molecule has 1 atom stereocenters. The average Bonchev–Trinajstić information content (AvgIpc) is 3.45. The zero-order valence-electron chi connectivity index (χ0n) is 14.3. The Kier molecular flexibility index (Phi) is 3.75. The maximum Gasteiger partial charge on any atom is 0.412 e. The first kappa shape index (κ1) is 16.3. The van der Waals surface area contributed by atoms with Crippen LogP contribution in [0.25, 0.3) is 11.3 Å². The lowest BCUT2D eigenvalue weighted by Crippen LogP contribution is -2.52. The smallest absolute Gasteiger partial charge is 0.412 e. The third-order valence-electron chi connectivity index (χ3n) is 4.78. The van der Waals surface area contributed by atoms with Crippen molar-refractivity contribution in [1.82, 2.24) is 9.97 Å². The first-order valence-corrected chi connectivity index (χ1v) is 8.51. The van der Waals surface area contributed by atoms with E-state index in [0.29, 0.717) is 29.4 Å². The molecule has 0 spiro atoms. The van der Waals surface area contributed by atoms with Crippen LogP contribution in [0.4, 0.5) is 22.0 Å². The van der Waals surface area contributed by atoms with Crippen LogP contribution in [0.15, 0.2) is 30.6 Å². The molecule has 26 heavy (non-hydrogen) atoms. The maximum absolute atomic E-state index is 12.8. The fourth-order valence-electron chi connectivity index (χ4n) is 3.32. The Morgan fingerprint density at radius 2 is 1.96 bits per heavy atom. The van der Waals surface area contributed by atoms with E-state index in [1.165, 1.54) is 11.1 Å². The Morgan fingerprint density at radius 1 is 1.19 bits per heavy atom. The molecule has 8 heteroatoms. The van der Waals surface area contributed by atoms with Gasteiger partial charge in [0, 0.05) is 18.0 Å². The molecular weight excluding hydrogens is 334 g/mol. The lowest BCUT2D eigenvalue weighted by molar-refractivity contribution is -0.119. The van der Waals surface area contributed by atoms with Crippen molar-refractivity contribution in [3.63, 3.8) is 0 Å². The van der Waals surface area contributed by atoms with Crippen molar-refractivity contribution in [1.29, 1.82) is 0 Å². The van der Waals surface area contributed by atoms with Gasteiger partial charge in [0.1, 0.15) is 5.82 Å². The predicted octanol–water partition coefficient (Wildman–Crippen LogP) is 2.36. The molecule has 3 N–H and O–H groups in total. The summed E-state index contributed by atoms with van der Waals surface area (Å²) < 4.78 is 0. The number of rotatable bonds is 2. The number of amides is 2. The summed E-state index contributed by atoms with van der Waals surface area (Å²) >= 11 is 0. The number of benzene rings is 1. The van der Waals surface area contributed by atoms with E-state index in [9.17, 15) is 14.7 Å². The summed E-state index contributed by atoms with van der Waals surface area (Å²) in [6.45, 7) is 2.15. The van der Waals surface area contributed by atoms with Crippen molar-refractivity contribution >= 4 is 29.2 Å². The molecule has 1 aromatic heterocycles. The van der Waals surface area contributed by atoms with Crippen LogP contribution in [0.5, 0.6) is 0 Å². The molecule has 0 bridgehead atoms. The number of carbonyl (C=O) groups excluding carboxylic acids is 1. The van der Waals surface area contributed by atoms with Crippen molar-refractivity contribution in [2.45, 2.75) is 25.8 Å². The topological polar surface area (TPSA) is 113 Å². The van der Waals surface area contributed by atoms with Crippen molar-refractivity contribution in [2.24, 2.45) is 5.92 Å². The van der Waals surface area contributed by atoms with Gasteiger partial charge in [-0.2, -0.15) is 0 Å². The van der Waals surface area contributed by atoms with Gasteiger partial charge in [0.15, 0.2) is 0 Å². The molecule has 134 valence electrons. The summed E-state index contributed by atoms with van der Waals surface area (Å²) in [5.74, 6) is 0.429. The second kappa shape index (κ2) is 5.98. The molecule has 8 nitrogen and oxygen atoms in total. The number of hydrogen-bond acceptors (Lipinski definition) is 5. The zero-order valence-corrected chi connectivity index (χ0v) is 14.3. The van der Waals surface area contributed by atoms with Crippen LogP contribution in [0.3, 0.4) is 0 Å². The minimum atomic E-state index is -1.03. The van der Waals surface area contributed by atoms with E-state index in [0.717, 1.165) is 18.4 Å². The molecule has 1 aliphatic heterocycles. The molecule has 1 saturated carbocycles. The second-order valence-electron chi connectivity index (χ2n) is 6.75. The van der Waals surface area contributed by atoms with Gasteiger partial charge in [-0.1, -0.05) is 6.07 Å². The standard InChI is InChI=1S/C18H19N5O3/c1-10-9-22(17(24)11-2-3-11)15-6-12(13-7-21-16(19)8-20-13)4-5-14(15)23(10)18(25)26/h4-8,10-11H,2-3,9H2,1H3,(H2,19,21)(H,25,26)/t10-/m0/s1. The fraction of sp³-hybridized carbons (Fsp3) is 0.333. The Labute approximate surface area is 150 Å². The minimum absolute atomic E-state index is 0.0476. The number of carboxylic acid groups (broad SMARTS) is 1. The van der Waals surface area contributed by atoms with Crippen LogP contribution in [0.1, 0.15) is 19.8 Å². The molecule has 1 fully saturated rings. The molecule has 2 aromatic rings. The molecule has 0 radical (unpaired) electrons. The Morgan fingerprint density at radius 3 is 2.58 bits per heavy atom. The lowest BCUT2D eigenvalue weighted by Gasteiger charge is -2.40. The van der Waals surface area contributed by atoms with Crippen LogP contribution in [0.2, 0.25) is 0 Å². The predicted molar refractivity (Wildman–Crippen MR) is 96.9 cm³/mol. The molecule has 1 aliphatic carbocycles. The highest BCUT2D eigenvalue weighted by molar-refractivity contribution is 6.04. The van der Waals surface area contributed by atoms with Crippen LogP contribution in [-0.4, -0.2) is 39.7 Å². The Balaban J connectivity index is 1.81. The van der Waals surface area contributed by atoms with Crippen LogP contribution in [-0.2, 0) is 4.79 Å². The fourth-order valence-corrected chi connectivity index (χ4v) is 3.32. The van der Waals surface area contributed by atoms with Crippen molar-refractivity contribution < 1.29 is 14.7 Å². The highest BCUT2D eigenvalue weighted by Crippen LogP contribution is 2.41. The molecule has 2 aliphatic rings. The Hall–Kier alpha value is -3.16. The number of carbonyl (C=O) groups is 2. The summed E-state index contributed by atoms with van der Waals surface area (Å²) in [4.78, 5) is 35.8. The minimum Gasteiger partial charge on any atom is -0.465 e. The molecular formula is C18H19N5O3. The second-order valence-corrected chi connectivity index (χ2v) is 6.75. The SMILES string of the molecule is C[C@H]1CN(C(=O)C2CC2)c2cc(-c3cnc(N)cn3)ccc2N1C(=O)O. The summed E-state index contributed by atoms with van der Waals surface area (Å²) in [5.41, 5.74) is 8.06. The first-order chi connectivity index (χ1) is 12.5. The van der Waals surface area contributed by atoms with E-state index in [-0.39, 0.29) is 17.9 Å². The zero-order chi connectivity index (χ0) is 18.4. The number of nitrogens with two attached hydrogens (primary N) is 1. The van der Waals surface area contributed by atoms with E-state index in [4.69, 9.17) is 5.73 Å². The van der Waals surface area contributed by atoms with Gasteiger partial charge in [-0.25, -0.2) is 9.78 Å². The number of nitrogens with zero attached hydrogens (tertiary/aromatic N) is 4. The van der Waals surface area contributed by atoms with Crippen LogP contribution < -0.4 is 15.5 Å². The quantitative estimate of drug-likeness (QED) is 0.857. The maximum atomic E-state index is 12.8. The summed E-state index contributed by atoms with van der Waals surface area (Å²) in [7, 11) is 0. The largest absolute Gasteiger partial charge is 0.465 e. The highest BCUT2D eigenvalue weighted by atomic mass is 16.4. The molecule has 4 rings (SSSR count). The number of fused-ring (bicyclic) bond motifs is 1. The lowest BCUT2D eigenvalue weighted by atomic mass is 10.0. The van der Waals surface area contributed by atoms with E-state index in [1.54, 1.807) is 29.3 Å². The number of nitrogen functional groups attached to an aromatic ring is 1. The van der Waals surface area contributed by atoms with E-state index in [2.05, 4.69) is 9.97 Å². The van der Waals surface area contributed by atoms with Gasteiger partial charge >= 0.3 is 6.09 Å². The number of aromatic nitrogens is 2. The van der Waals surface area contributed by atoms with Crippen molar-refractivity contribution in [3.05, 3.63) is 30.6 Å². The number of anilines is 3. The molecule has 2 amide bonds. The van der Waals surface area contributed by atoms with Gasteiger partial charge < -0.3 is 15.7 Å². The van der Waals surface area contributed by atoms with Crippen molar-refractivity contribution in [3.8, 4) is 11.3 Å².